The van der Waals surface area contributed by atoms with Gasteiger partial charge in [-0.15, -0.1) is 10.2 Å². The van der Waals surface area contributed by atoms with Crippen LogP contribution in [0.5, 0.6) is 0 Å². The number of aromatic nitrogens is 2. The van der Waals surface area contributed by atoms with Crippen LogP contribution in [0.2, 0.25) is 0 Å². The zero-order valence-electron chi connectivity index (χ0n) is 14.2. The van der Waals surface area contributed by atoms with Crippen molar-refractivity contribution in [3.05, 3.63) is 40.9 Å². The largest absolute Gasteiger partial charge is 0.347 e. The summed E-state index contributed by atoms with van der Waals surface area (Å²) < 4.78 is 0. The fourth-order valence-electron chi connectivity index (χ4n) is 3.17. The molecule has 0 spiro atoms. The zero-order chi connectivity index (χ0) is 16.5. The number of nitrogens with zero attached hydrogens (tertiary/aromatic N) is 3. The summed E-state index contributed by atoms with van der Waals surface area (Å²) in [4.78, 5) is 2.36. The molecule has 2 N–H and O–H groups in total. The van der Waals surface area contributed by atoms with E-state index in [9.17, 15) is 0 Å². The van der Waals surface area contributed by atoms with Crippen LogP contribution in [0.25, 0.3) is 0 Å². The number of hydrogen-bond donors (Lipinski definition) is 1. The lowest BCUT2D eigenvalue weighted by Crippen LogP contribution is -2.46. The Labute approximate surface area is 142 Å². The second-order valence-electron chi connectivity index (χ2n) is 7.48. The Bertz CT molecular complexity index is 637. The molecular formula is C18H26N4S. The van der Waals surface area contributed by atoms with Crippen LogP contribution in [0.4, 0.5) is 5.13 Å². The van der Waals surface area contributed by atoms with Crippen molar-refractivity contribution in [3.63, 3.8) is 0 Å². The normalized spacial score (nSPS) is 18.2. The average molecular weight is 331 g/mol. The minimum atomic E-state index is 0.0662. The summed E-state index contributed by atoms with van der Waals surface area (Å²) in [6.07, 6.45) is 2.13. The third kappa shape index (κ3) is 3.26. The van der Waals surface area contributed by atoms with Crippen molar-refractivity contribution < 1.29 is 0 Å². The molecule has 0 amide bonds. The molecule has 1 saturated heterocycles. The maximum absolute atomic E-state index is 6.17. The lowest BCUT2D eigenvalue weighted by Gasteiger charge is -2.41. The van der Waals surface area contributed by atoms with Crippen LogP contribution in [-0.2, 0) is 10.8 Å². The molecule has 5 heteroatoms. The van der Waals surface area contributed by atoms with E-state index >= 15 is 0 Å². The van der Waals surface area contributed by atoms with E-state index in [4.69, 9.17) is 5.73 Å². The summed E-state index contributed by atoms with van der Waals surface area (Å²) in [5, 5.41) is 10.9. The summed E-state index contributed by atoms with van der Waals surface area (Å²) in [5.41, 5.74) is 7.71. The molecule has 1 fully saturated rings. The first-order valence-electron chi connectivity index (χ1n) is 8.29. The molecule has 0 unspecified atom stereocenters. The van der Waals surface area contributed by atoms with Crippen LogP contribution in [0.15, 0.2) is 30.3 Å². The van der Waals surface area contributed by atoms with Crippen LogP contribution in [0.3, 0.4) is 0 Å². The van der Waals surface area contributed by atoms with Gasteiger partial charge in [-0.25, -0.2) is 0 Å². The van der Waals surface area contributed by atoms with Gasteiger partial charge in [-0.05, 0) is 18.4 Å². The standard InChI is InChI=1S/C18H26N4S/c1-17(2,3)15-20-21-16(23-15)22-11-9-18(13-19,10-12-22)14-7-5-4-6-8-14/h4-8H,9-13,19H2,1-3H3. The number of hydrogen-bond acceptors (Lipinski definition) is 5. The van der Waals surface area contributed by atoms with Crippen LogP contribution < -0.4 is 10.6 Å². The molecule has 4 nitrogen and oxygen atoms in total. The van der Waals surface area contributed by atoms with E-state index in [2.05, 4.69) is 66.2 Å². The Kier molecular flexibility index (Phi) is 4.43. The number of rotatable bonds is 3. The molecular weight excluding hydrogens is 304 g/mol. The topological polar surface area (TPSA) is 55.0 Å². The lowest BCUT2D eigenvalue weighted by molar-refractivity contribution is 0.339. The van der Waals surface area contributed by atoms with Gasteiger partial charge in [0.1, 0.15) is 5.01 Å². The maximum atomic E-state index is 6.17. The van der Waals surface area contributed by atoms with Gasteiger partial charge in [0.15, 0.2) is 0 Å². The van der Waals surface area contributed by atoms with Gasteiger partial charge < -0.3 is 10.6 Å². The first-order valence-corrected chi connectivity index (χ1v) is 9.11. The first kappa shape index (κ1) is 16.4. The summed E-state index contributed by atoms with van der Waals surface area (Å²) in [5.74, 6) is 0. The molecule has 0 aliphatic carbocycles. The highest BCUT2D eigenvalue weighted by Gasteiger charge is 2.36. The van der Waals surface area contributed by atoms with E-state index in [-0.39, 0.29) is 10.8 Å². The Hall–Kier alpha value is -1.46. The van der Waals surface area contributed by atoms with Crippen molar-refractivity contribution in [2.24, 2.45) is 5.73 Å². The van der Waals surface area contributed by atoms with Crippen LogP contribution >= 0.6 is 11.3 Å². The highest BCUT2D eigenvalue weighted by molar-refractivity contribution is 7.15. The molecule has 0 radical (unpaired) electrons. The highest BCUT2D eigenvalue weighted by Crippen LogP contribution is 2.37. The van der Waals surface area contributed by atoms with Crippen molar-refractivity contribution in [3.8, 4) is 0 Å². The predicted molar refractivity (Wildman–Crippen MR) is 97.2 cm³/mol. The fraction of sp³-hybridized carbons (Fsp3) is 0.556. The second-order valence-corrected chi connectivity index (χ2v) is 8.43. The summed E-state index contributed by atoms with van der Waals surface area (Å²) in [6.45, 7) is 9.23. The molecule has 2 aromatic rings. The molecule has 0 saturated carbocycles. The van der Waals surface area contributed by atoms with Crippen molar-refractivity contribution >= 4 is 16.5 Å². The molecule has 1 aliphatic heterocycles. The molecule has 1 aromatic carbocycles. The lowest BCUT2D eigenvalue weighted by atomic mass is 9.73. The Morgan fingerprint density at radius 3 is 2.30 bits per heavy atom. The second kappa shape index (κ2) is 6.21. The maximum Gasteiger partial charge on any atom is 0.208 e. The quantitative estimate of drug-likeness (QED) is 0.938. The Morgan fingerprint density at radius 2 is 1.78 bits per heavy atom. The summed E-state index contributed by atoms with van der Waals surface area (Å²) in [7, 11) is 0. The van der Waals surface area contributed by atoms with Crippen molar-refractivity contribution in [1.29, 1.82) is 0 Å². The molecule has 0 bridgehead atoms. The molecule has 23 heavy (non-hydrogen) atoms. The summed E-state index contributed by atoms with van der Waals surface area (Å²) >= 11 is 1.72. The SMILES string of the molecule is CC(C)(C)c1nnc(N2CCC(CN)(c3ccccc3)CC2)s1. The number of nitrogens with two attached hydrogens (primary N) is 1. The first-order chi connectivity index (χ1) is 10.9. The van der Waals surface area contributed by atoms with Crippen molar-refractivity contribution in [2.75, 3.05) is 24.5 Å². The van der Waals surface area contributed by atoms with Crippen molar-refractivity contribution in [1.82, 2.24) is 10.2 Å². The minimum Gasteiger partial charge on any atom is -0.347 e. The third-order valence-corrected chi connectivity index (χ3v) is 6.23. The van der Waals surface area contributed by atoms with Crippen molar-refractivity contribution in [2.45, 2.75) is 44.4 Å². The highest BCUT2D eigenvalue weighted by atomic mass is 32.1. The molecule has 2 heterocycles. The Morgan fingerprint density at radius 1 is 1.13 bits per heavy atom. The van der Waals surface area contributed by atoms with E-state index in [0.717, 1.165) is 36.1 Å². The smallest absolute Gasteiger partial charge is 0.208 e. The monoisotopic (exact) mass is 330 g/mol. The van der Waals surface area contributed by atoms with Crippen LogP contribution in [-0.4, -0.2) is 29.8 Å². The van der Waals surface area contributed by atoms with Crippen LogP contribution in [0.1, 0.15) is 44.2 Å². The van der Waals surface area contributed by atoms with E-state index in [1.807, 2.05) is 0 Å². The van der Waals surface area contributed by atoms with E-state index in [1.54, 1.807) is 11.3 Å². The van der Waals surface area contributed by atoms with Gasteiger partial charge in [0.05, 0.1) is 0 Å². The van der Waals surface area contributed by atoms with Gasteiger partial charge in [-0.1, -0.05) is 62.4 Å². The minimum absolute atomic E-state index is 0.0662. The molecule has 0 atom stereocenters. The third-order valence-electron chi connectivity index (χ3n) is 4.82. The van der Waals surface area contributed by atoms with E-state index < -0.39 is 0 Å². The number of benzene rings is 1. The van der Waals surface area contributed by atoms with Gasteiger partial charge in [0, 0.05) is 30.5 Å². The Balaban J connectivity index is 1.74. The van der Waals surface area contributed by atoms with E-state index in [0.29, 0.717) is 6.54 Å². The molecule has 124 valence electrons. The summed E-state index contributed by atoms with van der Waals surface area (Å²) in [6, 6.07) is 10.7. The van der Waals surface area contributed by atoms with Gasteiger partial charge in [-0.2, -0.15) is 0 Å². The van der Waals surface area contributed by atoms with Gasteiger partial charge in [0.25, 0.3) is 0 Å². The fourth-order valence-corrected chi connectivity index (χ4v) is 4.13. The molecule has 3 rings (SSSR count). The average Bonchev–Trinajstić information content (AvgIpc) is 3.06. The molecule has 1 aromatic heterocycles. The zero-order valence-corrected chi connectivity index (χ0v) is 15.1. The molecule has 1 aliphatic rings. The number of anilines is 1. The number of piperidine rings is 1. The van der Waals surface area contributed by atoms with Crippen LogP contribution in [0, 0.1) is 0 Å². The van der Waals surface area contributed by atoms with Gasteiger partial charge in [-0.3, -0.25) is 0 Å². The van der Waals surface area contributed by atoms with E-state index in [1.165, 1.54) is 5.56 Å². The predicted octanol–water partition coefficient (Wildman–Crippen LogP) is 3.33. The van der Waals surface area contributed by atoms with Gasteiger partial charge >= 0.3 is 0 Å². The van der Waals surface area contributed by atoms with Gasteiger partial charge in [0.2, 0.25) is 5.13 Å².